The van der Waals surface area contributed by atoms with Crippen LogP contribution in [0.1, 0.15) is 27.2 Å². The van der Waals surface area contributed by atoms with E-state index in [-0.39, 0.29) is 5.04 Å². The molecule has 7 nitrogen and oxygen atoms in total. The number of carbonyl (C=O) groups excluding carboxylic acids is 3. The minimum atomic E-state index is -2.29. The zero-order valence-electron chi connectivity index (χ0n) is 13.6. The molecule has 0 fully saturated rings. The van der Waals surface area contributed by atoms with Crippen LogP contribution < -0.4 is 0 Å². The highest BCUT2D eigenvalue weighted by molar-refractivity contribution is 6.74. The quantitative estimate of drug-likeness (QED) is 0.436. The lowest BCUT2D eigenvalue weighted by molar-refractivity contribution is -0.155. The molecule has 122 valence electrons. The minimum Gasteiger partial charge on any atom is -0.467 e. The number of hydrogen-bond acceptors (Lipinski definition) is 7. The van der Waals surface area contributed by atoms with E-state index in [0.717, 1.165) is 7.11 Å². The van der Waals surface area contributed by atoms with Crippen molar-refractivity contribution in [1.29, 1.82) is 0 Å². The summed E-state index contributed by atoms with van der Waals surface area (Å²) in [5.41, 5.74) is 0. The largest absolute Gasteiger partial charge is 0.515 e. The van der Waals surface area contributed by atoms with Crippen LogP contribution in [0, 0.1) is 0 Å². The Balaban J connectivity index is 4.95. The Labute approximate surface area is 126 Å². The van der Waals surface area contributed by atoms with Gasteiger partial charge >= 0.3 is 18.1 Å². The van der Waals surface area contributed by atoms with Gasteiger partial charge < -0.3 is 18.6 Å². The van der Waals surface area contributed by atoms with E-state index >= 15 is 0 Å². The van der Waals surface area contributed by atoms with Crippen molar-refractivity contribution in [2.45, 2.75) is 51.4 Å². The highest BCUT2D eigenvalue weighted by Crippen LogP contribution is 2.37. The fraction of sp³-hybridized carbons (Fsp3) is 0.769. The average Bonchev–Trinajstić information content (AvgIpc) is 2.34. The maximum Gasteiger partial charge on any atom is 0.515 e. The fourth-order valence-corrected chi connectivity index (χ4v) is 2.41. The Morgan fingerprint density at radius 2 is 1.57 bits per heavy atom. The van der Waals surface area contributed by atoms with Crippen LogP contribution in [0.15, 0.2) is 0 Å². The highest BCUT2D eigenvalue weighted by atomic mass is 28.4. The summed E-state index contributed by atoms with van der Waals surface area (Å²) in [5, 5.41) is -0.147. The summed E-state index contributed by atoms with van der Waals surface area (Å²) < 4.78 is 19.1. The molecular formula is C13H24O7Si. The molecule has 0 radical (unpaired) electrons. The van der Waals surface area contributed by atoms with Crippen LogP contribution in [0.4, 0.5) is 4.79 Å². The van der Waals surface area contributed by atoms with Crippen LogP contribution in [-0.4, -0.2) is 46.7 Å². The predicted molar refractivity (Wildman–Crippen MR) is 77.2 cm³/mol. The van der Waals surface area contributed by atoms with Gasteiger partial charge in [0.1, 0.15) is 0 Å². The molecule has 0 heterocycles. The molecule has 0 spiro atoms. The molecular weight excluding hydrogens is 296 g/mol. The van der Waals surface area contributed by atoms with E-state index in [1.807, 2.05) is 33.9 Å². The maximum atomic E-state index is 11.8. The molecule has 21 heavy (non-hydrogen) atoms. The molecule has 8 heteroatoms. The zero-order valence-corrected chi connectivity index (χ0v) is 14.6. The molecule has 0 aliphatic carbocycles. The number of rotatable bonds is 5. The van der Waals surface area contributed by atoms with Gasteiger partial charge in [-0.15, -0.1) is 0 Å². The summed E-state index contributed by atoms with van der Waals surface area (Å²) in [6.07, 6.45) is -2.64. The minimum absolute atomic E-state index is 0.147. The molecule has 1 atom stereocenters. The summed E-state index contributed by atoms with van der Waals surface area (Å²) in [7, 11) is 0.000310. The first kappa shape index (κ1) is 19.6. The van der Waals surface area contributed by atoms with E-state index in [1.165, 1.54) is 7.11 Å². The van der Waals surface area contributed by atoms with Gasteiger partial charge in [0.25, 0.3) is 0 Å². The second-order valence-electron chi connectivity index (χ2n) is 6.02. The number of hydrogen-bond donors (Lipinski definition) is 0. The van der Waals surface area contributed by atoms with Crippen LogP contribution >= 0.6 is 0 Å². The lowest BCUT2D eigenvalue weighted by atomic mass is 10.2. The Bertz CT molecular complexity index is 398. The number of carbonyl (C=O) groups is 3. The number of methoxy groups -OCH3 is 2. The first-order valence-electron chi connectivity index (χ1n) is 6.49. The molecule has 0 unspecified atom stereocenters. The van der Waals surface area contributed by atoms with Gasteiger partial charge in [0.05, 0.1) is 20.6 Å². The highest BCUT2D eigenvalue weighted by Gasteiger charge is 2.41. The van der Waals surface area contributed by atoms with Crippen molar-refractivity contribution in [2.75, 3.05) is 14.2 Å². The van der Waals surface area contributed by atoms with E-state index in [2.05, 4.69) is 14.2 Å². The third kappa shape index (κ3) is 6.26. The summed E-state index contributed by atoms with van der Waals surface area (Å²) >= 11 is 0. The molecule has 0 aliphatic rings. The van der Waals surface area contributed by atoms with Crippen LogP contribution in [0.2, 0.25) is 18.1 Å². The second-order valence-corrected chi connectivity index (χ2v) is 10.8. The molecule has 0 aromatic heterocycles. The Hall–Kier alpha value is -1.41. The summed E-state index contributed by atoms with van der Waals surface area (Å²) in [6.45, 7) is 9.88. The van der Waals surface area contributed by atoms with Crippen LogP contribution in [-0.2, 0) is 28.2 Å². The van der Waals surface area contributed by atoms with Crippen LogP contribution in [0.5, 0.6) is 0 Å². The number of ether oxygens (including phenoxy) is 3. The standard InChI is InChI=1S/C13H24O7Si/c1-13(2,3)21(6,7)20-9(11(15)17-4)8-10(14)19-12(16)18-5/h9H,8H2,1-7H3/t9-/m1/s1. The van der Waals surface area contributed by atoms with Gasteiger partial charge in [-0.1, -0.05) is 20.8 Å². The van der Waals surface area contributed by atoms with Crippen molar-refractivity contribution in [1.82, 2.24) is 0 Å². The summed E-state index contributed by atoms with van der Waals surface area (Å²) in [5.74, 6) is -1.59. The van der Waals surface area contributed by atoms with Crippen molar-refractivity contribution in [3.8, 4) is 0 Å². The van der Waals surface area contributed by atoms with Crippen molar-refractivity contribution in [3.63, 3.8) is 0 Å². The summed E-state index contributed by atoms with van der Waals surface area (Å²) in [4.78, 5) is 34.2. The lowest BCUT2D eigenvalue weighted by Gasteiger charge is -2.38. The van der Waals surface area contributed by atoms with E-state index < -0.39 is 38.9 Å². The Kier molecular flexibility index (Phi) is 7.05. The first-order valence-corrected chi connectivity index (χ1v) is 9.39. The van der Waals surface area contributed by atoms with E-state index in [9.17, 15) is 14.4 Å². The van der Waals surface area contributed by atoms with Gasteiger partial charge in [-0.25, -0.2) is 9.59 Å². The molecule has 0 aliphatic heterocycles. The molecule has 0 bridgehead atoms. The van der Waals surface area contributed by atoms with Gasteiger partial charge in [-0.05, 0) is 18.1 Å². The van der Waals surface area contributed by atoms with Crippen LogP contribution in [0.25, 0.3) is 0 Å². The average molecular weight is 320 g/mol. The topological polar surface area (TPSA) is 88.1 Å². The molecule has 0 N–H and O–H groups in total. The van der Waals surface area contributed by atoms with Gasteiger partial charge in [-0.3, -0.25) is 4.79 Å². The van der Waals surface area contributed by atoms with Gasteiger partial charge in [0.15, 0.2) is 14.4 Å². The van der Waals surface area contributed by atoms with Gasteiger partial charge in [0.2, 0.25) is 0 Å². The SMILES string of the molecule is COC(=O)OC(=O)C[C@@H](O[Si](C)(C)C(C)(C)C)C(=O)OC. The normalized spacial score (nSPS) is 13.3. The van der Waals surface area contributed by atoms with Crippen molar-refractivity contribution < 1.29 is 33.0 Å². The van der Waals surface area contributed by atoms with E-state index in [1.54, 1.807) is 0 Å². The molecule has 0 aromatic rings. The molecule has 0 aromatic carbocycles. The van der Waals surface area contributed by atoms with Crippen molar-refractivity contribution in [3.05, 3.63) is 0 Å². The van der Waals surface area contributed by atoms with E-state index in [0.29, 0.717) is 0 Å². The third-order valence-electron chi connectivity index (χ3n) is 3.42. The third-order valence-corrected chi connectivity index (χ3v) is 7.91. The Morgan fingerprint density at radius 3 is 1.95 bits per heavy atom. The smallest absolute Gasteiger partial charge is 0.467 e. The lowest BCUT2D eigenvalue weighted by Crippen LogP contribution is -2.47. The van der Waals surface area contributed by atoms with Crippen LogP contribution in [0.3, 0.4) is 0 Å². The molecule has 0 saturated carbocycles. The van der Waals surface area contributed by atoms with Crippen molar-refractivity contribution in [2.24, 2.45) is 0 Å². The second kappa shape index (κ2) is 7.55. The summed E-state index contributed by atoms with van der Waals surface area (Å²) in [6, 6.07) is 0. The molecule has 0 saturated heterocycles. The Morgan fingerprint density at radius 1 is 1.05 bits per heavy atom. The fourth-order valence-electron chi connectivity index (χ4n) is 1.16. The maximum absolute atomic E-state index is 11.8. The predicted octanol–water partition coefficient (Wildman–Crippen LogP) is 2.25. The first-order chi connectivity index (χ1) is 9.44. The zero-order chi connectivity index (χ0) is 16.8. The number of esters is 2. The van der Waals surface area contributed by atoms with Gasteiger partial charge in [-0.2, -0.15) is 0 Å². The molecule has 0 amide bonds. The van der Waals surface area contributed by atoms with Gasteiger partial charge in [0, 0.05) is 0 Å². The van der Waals surface area contributed by atoms with Crippen molar-refractivity contribution >= 4 is 26.4 Å². The van der Waals surface area contributed by atoms with E-state index in [4.69, 9.17) is 4.43 Å². The molecule has 0 rings (SSSR count). The monoisotopic (exact) mass is 320 g/mol.